The van der Waals surface area contributed by atoms with Crippen LogP contribution in [-0.2, 0) is 23.0 Å². The van der Waals surface area contributed by atoms with Crippen LogP contribution in [0.2, 0.25) is 0 Å². The Hall–Kier alpha value is -3.29. The lowest BCUT2D eigenvalue weighted by molar-refractivity contribution is 0.0937. The SMILES string of the molecule is CC(=O)c1ccc(S(=O)(=O)NCc2ccc(C(=O)NC(C)CCc3ccccc3)cc2)cc1. The molecule has 1 atom stereocenters. The summed E-state index contributed by atoms with van der Waals surface area (Å²) in [5, 5.41) is 3.00. The lowest BCUT2D eigenvalue weighted by Crippen LogP contribution is -2.32. The molecule has 2 N–H and O–H groups in total. The van der Waals surface area contributed by atoms with Gasteiger partial charge >= 0.3 is 0 Å². The molecule has 3 aromatic rings. The third-order valence-electron chi connectivity index (χ3n) is 5.34. The molecular formula is C26H28N2O4S. The minimum absolute atomic E-state index is 0.0265. The van der Waals surface area contributed by atoms with Crippen molar-refractivity contribution < 1.29 is 18.0 Å². The van der Waals surface area contributed by atoms with Gasteiger partial charge in [-0.25, -0.2) is 13.1 Å². The Morgan fingerprint density at radius 1 is 0.818 bits per heavy atom. The zero-order valence-corrected chi connectivity index (χ0v) is 19.6. The molecule has 0 aliphatic heterocycles. The van der Waals surface area contributed by atoms with E-state index in [1.165, 1.54) is 36.8 Å². The van der Waals surface area contributed by atoms with E-state index in [0.29, 0.717) is 11.1 Å². The lowest BCUT2D eigenvalue weighted by atomic mass is 10.1. The summed E-state index contributed by atoms with van der Waals surface area (Å²) in [5.74, 6) is -0.283. The van der Waals surface area contributed by atoms with Gasteiger partial charge in [0.2, 0.25) is 10.0 Å². The third kappa shape index (κ3) is 7.10. The van der Waals surface area contributed by atoms with E-state index in [2.05, 4.69) is 22.2 Å². The molecule has 0 saturated carbocycles. The fraction of sp³-hybridized carbons (Fsp3) is 0.231. The molecule has 0 aliphatic rings. The number of nitrogens with one attached hydrogen (secondary N) is 2. The zero-order chi connectivity index (χ0) is 23.8. The Bertz CT molecular complexity index is 1190. The molecule has 0 spiro atoms. The summed E-state index contributed by atoms with van der Waals surface area (Å²) in [4.78, 5) is 23.9. The van der Waals surface area contributed by atoms with Crippen molar-refractivity contribution in [2.45, 2.75) is 44.2 Å². The van der Waals surface area contributed by atoms with Gasteiger partial charge in [-0.2, -0.15) is 0 Å². The minimum Gasteiger partial charge on any atom is -0.350 e. The van der Waals surface area contributed by atoms with Crippen LogP contribution in [0.15, 0.2) is 83.8 Å². The van der Waals surface area contributed by atoms with E-state index in [9.17, 15) is 18.0 Å². The molecule has 3 rings (SSSR count). The van der Waals surface area contributed by atoms with Crippen LogP contribution in [0.3, 0.4) is 0 Å². The van der Waals surface area contributed by atoms with Gasteiger partial charge in [0, 0.05) is 23.7 Å². The van der Waals surface area contributed by atoms with Crippen LogP contribution in [0.25, 0.3) is 0 Å². The number of hydrogen-bond acceptors (Lipinski definition) is 4. The monoisotopic (exact) mass is 464 g/mol. The Labute approximate surface area is 195 Å². The van der Waals surface area contributed by atoms with Crippen LogP contribution < -0.4 is 10.0 Å². The van der Waals surface area contributed by atoms with E-state index < -0.39 is 10.0 Å². The van der Waals surface area contributed by atoms with Crippen molar-refractivity contribution in [3.63, 3.8) is 0 Å². The largest absolute Gasteiger partial charge is 0.350 e. The van der Waals surface area contributed by atoms with Gasteiger partial charge in [0.05, 0.1) is 4.90 Å². The summed E-state index contributed by atoms with van der Waals surface area (Å²) in [6.45, 7) is 3.50. The molecule has 33 heavy (non-hydrogen) atoms. The molecule has 172 valence electrons. The first-order chi connectivity index (χ1) is 15.7. The van der Waals surface area contributed by atoms with Crippen LogP contribution in [0, 0.1) is 0 Å². The Balaban J connectivity index is 1.51. The summed E-state index contributed by atoms with van der Waals surface area (Å²) >= 11 is 0. The van der Waals surface area contributed by atoms with Gasteiger partial charge in [0.25, 0.3) is 5.91 Å². The van der Waals surface area contributed by atoms with E-state index in [1.807, 2.05) is 25.1 Å². The average Bonchev–Trinajstić information content (AvgIpc) is 2.82. The highest BCUT2D eigenvalue weighted by Gasteiger charge is 2.15. The number of Topliss-reactive ketones (excluding diaryl/α,β-unsaturated/α-hetero) is 1. The summed E-state index contributed by atoms with van der Waals surface area (Å²) in [6.07, 6.45) is 1.72. The number of sulfonamides is 1. The van der Waals surface area contributed by atoms with Crippen LogP contribution in [-0.4, -0.2) is 26.2 Å². The summed E-state index contributed by atoms with van der Waals surface area (Å²) < 4.78 is 27.5. The number of benzene rings is 3. The number of hydrogen-bond donors (Lipinski definition) is 2. The van der Waals surface area contributed by atoms with E-state index >= 15 is 0 Å². The van der Waals surface area contributed by atoms with Gasteiger partial charge in [-0.1, -0.05) is 54.6 Å². The smallest absolute Gasteiger partial charge is 0.251 e. The molecule has 0 bridgehead atoms. The van der Waals surface area contributed by atoms with Crippen molar-refractivity contribution in [1.82, 2.24) is 10.0 Å². The van der Waals surface area contributed by atoms with Gasteiger partial charge < -0.3 is 5.32 Å². The maximum atomic E-state index is 12.5. The van der Waals surface area contributed by atoms with Gasteiger partial charge in [-0.3, -0.25) is 9.59 Å². The molecule has 0 fully saturated rings. The van der Waals surface area contributed by atoms with Crippen molar-refractivity contribution in [2.75, 3.05) is 0 Å². The molecule has 0 aliphatic carbocycles. The highest BCUT2D eigenvalue weighted by atomic mass is 32.2. The lowest BCUT2D eigenvalue weighted by Gasteiger charge is -2.14. The maximum absolute atomic E-state index is 12.5. The predicted octanol–water partition coefficient (Wildman–Crippen LogP) is 4.12. The predicted molar refractivity (Wildman–Crippen MR) is 129 cm³/mol. The van der Waals surface area contributed by atoms with E-state index in [0.717, 1.165) is 18.4 Å². The Morgan fingerprint density at radius 2 is 1.42 bits per heavy atom. The maximum Gasteiger partial charge on any atom is 0.251 e. The molecule has 0 aromatic heterocycles. The van der Waals surface area contributed by atoms with Crippen molar-refractivity contribution in [3.8, 4) is 0 Å². The average molecular weight is 465 g/mol. The Morgan fingerprint density at radius 3 is 2.03 bits per heavy atom. The first-order valence-electron chi connectivity index (χ1n) is 10.8. The molecule has 7 heteroatoms. The minimum atomic E-state index is -3.71. The first kappa shape index (κ1) is 24.4. The summed E-state index contributed by atoms with van der Waals surface area (Å²) in [7, 11) is -3.71. The molecular weight excluding hydrogens is 436 g/mol. The van der Waals surface area contributed by atoms with Gasteiger partial charge in [0.15, 0.2) is 5.78 Å². The number of ketones is 1. The normalized spacial score (nSPS) is 12.2. The number of amides is 1. The number of carbonyl (C=O) groups excluding carboxylic acids is 2. The van der Waals surface area contributed by atoms with Crippen molar-refractivity contribution in [2.24, 2.45) is 0 Å². The first-order valence-corrected chi connectivity index (χ1v) is 12.3. The Kier molecular flexibility index (Phi) is 8.14. The fourth-order valence-corrected chi connectivity index (χ4v) is 4.33. The highest BCUT2D eigenvalue weighted by Crippen LogP contribution is 2.13. The molecule has 6 nitrogen and oxygen atoms in total. The molecule has 1 unspecified atom stereocenters. The number of aryl methyl sites for hydroxylation is 1. The third-order valence-corrected chi connectivity index (χ3v) is 6.76. The van der Waals surface area contributed by atoms with Crippen molar-refractivity contribution in [3.05, 3.63) is 101 Å². The van der Waals surface area contributed by atoms with Crippen molar-refractivity contribution in [1.29, 1.82) is 0 Å². The molecule has 0 radical (unpaired) electrons. The van der Waals surface area contributed by atoms with E-state index in [4.69, 9.17) is 0 Å². The van der Waals surface area contributed by atoms with Crippen LogP contribution >= 0.6 is 0 Å². The van der Waals surface area contributed by atoms with E-state index in [-0.39, 0.29) is 29.2 Å². The zero-order valence-electron chi connectivity index (χ0n) is 18.7. The standard InChI is InChI=1S/C26H28N2O4S/c1-19(8-9-21-6-4-3-5-7-21)28-26(30)24-12-10-22(11-13-24)18-27-33(31,32)25-16-14-23(15-17-25)20(2)29/h3-7,10-17,19,27H,8-9,18H2,1-2H3,(H,28,30). The molecule has 1 amide bonds. The molecule has 0 saturated heterocycles. The highest BCUT2D eigenvalue weighted by molar-refractivity contribution is 7.89. The quantitative estimate of drug-likeness (QED) is 0.442. The van der Waals surface area contributed by atoms with Crippen LogP contribution in [0.5, 0.6) is 0 Å². The summed E-state index contributed by atoms with van der Waals surface area (Å²) in [6, 6.07) is 22.8. The topological polar surface area (TPSA) is 92.3 Å². The van der Waals surface area contributed by atoms with Crippen molar-refractivity contribution >= 4 is 21.7 Å². The molecule has 0 heterocycles. The second-order valence-electron chi connectivity index (χ2n) is 8.00. The van der Waals surface area contributed by atoms with E-state index in [1.54, 1.807) is 24.3 Å². The number of rotatable bonds is 10. The van der Waals surface area contributed by atoms with Gasteiger partial charge in [0.1, 0.15) is 0 Å². The fourth-order valence-electron chi connectivity index (χ4n) is 3.31. The number of carbonyl (C=O) groups is 2. The molecule has 3 aromatic carbocycles. The van der Waals surface area contributed by atoms with Crippen LogP contribution in [0.1, 0.15) is 52.1 Å². The van der Waals surface area contributed by atoms with Gasteiger partial charge in [-0.15, -0.1) is 0 Å². The van der Waals surface area contributed by atoms with Crippen LogP contribution in [0.4, 0.5) is 0 Å². The second-order valence-corrected chi connectivity index (χ2v) is 9.77. The summed E-state index contributed by atoms with van der Waals surface area (Å²) in [5.41, 5.74) is 2.94. The van der Waals surface area contributed by atoms with Gasteiger partial charge in [-0.05, 0) is 62.1 Å². The second kappa shape index (κ2) is 11.0.